The maximum absolute atomic E-state index is 7.71. The number of hydrogen-bond acceptors (Lipinski definition) is 0. The molecule has 2 heteroatoms. The van der Waals surface area contributed by atoms with Gasteiger partial charge in [0.05, 0.1) is 17.6 Å². The molecular formula is C57H34N2. The Morgan fingerprint density at radius 2 is 0.847 bits per heavy atom. The van der Waals surface area contributed by atoms with Gasteiger partial charge in [0.1, 0.15) is 0 Å². The Morgan fingerprint density at radius 3 is 1.59 bits per heavy atom. The molecule has 0 aliphatic heterocycles. The average molecular weight is 747 g/mol. The van der Waals surface area contributed by atoms with Crippen LogP contribution in [0.2, 0.25) is 0 Å². The molecule has 0 unspecified atom stereocenters. The Morgan fingerprint density at radius 1 is 0.305 bits per heavy atom. The molecule has 0 radical (unpaired) electrons. The molecule has 0 atom stereocenters. The van der Waals surface area contributed by atoms with Crippen LogP contribution in [0.4, 0.5) is 5.69 Å². The Bertz CT molecular complexity index is 3730. The fourth-order valence-electron chi connectivity index (χ4n) is 9.58. The van der Waals surface area contributed by atoms with Crippen LogP contribution in [0.25, 0.3) is 120 Å². The highest BCUT2D eigenvalue weighted by Crippen LogP contribution is 2.44. The maximum atomic E-state index is 7.71. The van der Waals surface area contributed by atoms with Crippen LogP contribution >= 0.6 is 0 Å². The molecule has 0 aliphatic rings. The van der Waals surface area contributed by atoms with E-state index in [0.717, 1.165) is 33.1 Å². The van der Waals surface area contributed by atoms with Gasteiger partial charge in [-0.2, -0.15) is 0 Å². The fraction of sp³-hybridized carbons (Fsp3) is 0. The normalized spacial score (nSPS) is 11.7. The van der Waals surface area contributed by atoms with Crippen molar-refractivity contribution in [2.75, 3.05) is 0 Å². The zero-order chi connectivity index (χ0) is 39.0. The third kappa shape index (κ3) is 5.19. The van der Waals surface area contributed by atoms with Crippen molar-refractivity contribution >= 4 is 81.4 Å². The molecular weight excluding hydrogens is 713 g/mol. The zero-order valence-electron chi connectivity index (χ0n) is 32.0. The quantitative estimate of drug-likeness (QED) is 0.125. The van der Waals surface area contributed by atoms with Crippen LogP contribution in [0.5, 0.6) is 0 Å². The first-order valence-corrected chi connectivity index (χ1v) is 20.1. The predicted molar refractivity (Wildman–Crippen MR) is 251 cm³/mol. The van der Waals surface area contributed by atoms with Crippen LogP contribution in [0.3, 0.4) is 0 Å². The van der Waals surface area contributed by atoms with Crippen molar-refractivity contribution in [1.82, 2.24) is 4.57 Å². The number of rotatable bonds is 4. The second kappa shape index (κ2) is 13.0. The van der Waals surface area contributed by atoms with Gasteiger partial charge in [-0.05, 0) is 153 Å². The van der Waals surface area contributed by atoms with Gasteiger partial charge in [0.2, 0.25) is 0 Å². The summed E-state index contributed by atoms with van der Waals surface area (Å²) >= 11 is 0. The minimum absolute atomic E-state index is 0.648. The van der Waals surface area contributed by atoms with E-state index in [-0.39, 0.29) is 0 Å². The lowest BCUT2D eigenvalue weighted by Gasteiger charge is -2.17. The molecule has 0 amide bonds. The summed E-state index contributed by atoms with van der Waals surface area (Å²) in [4.78, 5) is 3.76. The molecule has 0 fully saturated rings. The van der Waals surface area contributed by atoms with Gasteiger partial charge in [0.25, 0.3) is 0 Å². The SMILES string of the molecule is [C-]#[N+]c1ccc2c(c1)c1cc(-c3ccc4cc(-c5cc6c7ccccc7c(-c7cccc8ccccc78)cc6c6ccccc56)ccc4c3)ccc1n2-c1ccccc1. The summed E-state index contributed by atoms with van der Waals surface area (Å²) < 4.78 is 2.30. The zero-order valence-corrected chi connectivity index (χ0v) is 32.0. The number of hydrogen-bond donors (Lipinski definition) is 0. The standard InChI is InChI=1S/C57H34N2/c1-58-42-27-29-57-55(33-42)54-32-40(26-28-56(54)59(57)43-14-3-2-4-15-43)38-22-23-39-31-41(25-24-37(39)30-38)50-34-52-49-20-10-9-19-48(49)51(35-53(52)47-18-8-7-17-46(47)50)45-21-11-13-36-12-5-6-16-44(36)45/h2-35H. The van der Waals surface area contributed by atoms with Crippen molar-refractivity contribution in [2.24, 2.45) is 0 Å². The monoisotopic (exact) mass is 746 g/mol. The summed E-state index contributed by atoms with van der Waals surface area (Å²) in [6.45, 7) is 7.71. The number of benzene rings is 11. The Hall–Kier alpha value is -7.99. The summed E-state index contributed by atoms with van der Waals surface area (Å²) in [6, 6.07) is 74.9. The Balaban J connectivity index is 0.997. The van der Waals surface area contributed by atoms with Crippen molar-refractivity contribution in [2.45, 2.75) is 0 Å². The van der Waals surface area contributed by atoms with E-state index in [1.54, 1.807) is 0 Å². The van der Waals surface area contributed by atoms with Crippen LogP contribution in [0.1, 0.15) is 0 Å². The highest BCUT2D eigenvalue weighted by atomic mass is 15.0. The smallest absolute Gasteiger partial charge is 0.188 e. The first kappa shape index (κ1) is 33.2. The molecule has 12 rings (SSSR count). The van der Waals surface area contributed by atoms with Crippen molar-refractivity contribution in [3.63, 3.8) is 0 Å². The highest BCUT2D eigenvalue weighted by molar-refractivity contribution is 6.25. The second-order valence-corrected chi connectivity index (χ2v) is 15.6. The minimum Gasteiger partial charge on any atom is -0.309 e. The van der Waals surface area contributed by atoms with Crippen molar-refractivity contribution < 1.29 is 0 Å². The number of nitrogens with zero attached hydrogens (tertiary/aromatic N) is 2. The van der Waals surface area contributed by atoms with E-state index < -0.39 is 0 Å². The maximum Gasteiger partial charge on any atom is 0.188 e. The molecule has 0 aliphatic carbocycles. The predicted octanol–water partition coefficient (Wildman–Crippen LogP) is 16.1. The molecule has 1 aromatic heterocycles. The van der Waals surface area contributed by atoms with Crippen LogP contribution < -0.4 is 0 Å². The third-order valence-corrected chi connectivity index (χ3v) is 12.3. The van der Waals surface area contributed by atoms with Crippen molar-refractivity contribution in [3.8, 4) is 39.1 Å². The van der Waals surface area contributed by atoms with Gasteiger partial charge < -0.3 is 4.57 Å². The molecule has 0 saturated heterocycles. The summed E-state index contributed by atoms with van der Waals surface area (Å²) in [6.07, 6.45) is 0. The number of para-hydroxylation sites is 1. The van der Waals surface area contributed by atoms with Gasteiger partial charge in [-0.25, -0.2) is 4.85 Å². The lowest BCUT2D eigenvalue weighted by Crippen LogP contribution is -1.92. The van der Waals surface area contributed by atoms with E-state index in [1.807, 2.05) is 18.2 Å². The molecule has 272 valence electrons. The average Bonchev–Trinajstić information content (AvgIpc) is 3.63. The topological polar surface area (TPSA) is 9.29 Å². The van der Waals surface area contributed by atoms with Gasteiger partial charge in [0.15, 0.2) is 5.69 Å². The lowest BCUT2D eigenvalue weighted by molar-refractivity contribution is 1.18. The summed E-state index contributed by atoms with van der Waals surface area (Å²) in [5.74, 6) is 0. The van der Waals surface area contributed by atoms with Crippen LogP contribution in [-0.2, 0) is 0 Å². The minimum atomic E-state index is 0.648. The van der Waals surface area contributed by atoms with E-state index in [4.69, 9.17) is 6.57 Å². The van der Waals surface area contributed by atoms with Crippen molar-refractivity contribution in [3.05, 3.63) is 218 Å². The van der Waals surface area contributed by atoms with E-state index in [0.29, 0.717) is 5.69 Å². The summed E-state index contributed by atoms with van der Waals surface area (Å²) in [5, 5.41) is 14.7. The molecule has 1 heterocycles. The molecule has 2 nitrogen and oxygen atoms in total. The van der Waals surface area contributed by atoms with E-state index >= 15 is 0 Å². The first-order valence-electron chi connectivity index (χ1n) is 20.1. The van der Waals surface area contributed by atoms with E-state index in [1.165, 1.54) is 81.7 Å². The van der Waals surface area contributed by atoms with E-state index in [9.17, 15) is 0 Å². The van der Waals surface area contributed by atoms with Gasteiger partial charge in [0, 0.05) is 11.1 Å². The fourth-order valence-corrected chi connectivity index (χ4v) is 9.58. The van der Waals surface area contributed by atoms with E-state index in [2.05, 4.69) is 197 Å². The Kier molecular flexibility index (Phi) is 7.33. The lowest BCUT2D eigenvalue weighted by atomic mass is 9.86. The molecule has 0 N–H and O–H groups in total. The highest BCUT2D eigenvalue weighted by Gasteiger charge is 2.17. The van der Waals surface area contributed by atoms with Crippen LogP contribution in [-0.4, -0.2) is 4.57 Å². The molecule has 0 saturated carbocycles. The van der Waals surface area contributed by atoms with Crippen LogP contribution in [0, 0.1) is 6.57 Å². The largest absolute Gasteiger partial charge is 0.309 e. The van der Waals surface area contributed by atoms with Gasteiger partial charge in [-0.15, -0.1) is 0 Å². The molecule has 12 aromatic rings. The van der Waals surface area contributed by atoms with Gasteiger partial charge in [-0.1, -0.05) is 146 Å². The summed E-state index contributed by atoms with van der Waals surface area (Å²) in [5.41, 5.74) is 11.3. The number of fused-ring (bicyclic) bond motifs is 10. The Labute approximate surface area is 341 Å². The molecule has 11 aromatic carbocycles. The van der Waals surface area contributed by atoms with Crippen LogP contribution in [0.15, 0.2) is 206 Å². The first-order chi connectivity index (χ1) is 29.2. The molecule has 59 heavy (non-hydrogen) atoms. The molecule has 0 bridgehead atoms. The number of aromatic nitrogens is 1. The third-order valence-electron chi connectivity index (χ3n) is 12.3. The van der Waals surface area contributed by atoms with Gasteiger partial charge >= 0.3 is 0 Å². The van der Waals surface area contributed by atoms with Gasteiger partial charge in [-0.3, -0.25) is 0 Å². The summed E-state index contributed by atoms with van der Waals surface area (Å²) in [7, 11) is 0. The van der Waals surface area contributed by atoms with Crippen molar-refractivity contribution in [1.29, 1.82) is 0 Å². The second-order valence-electron chi connectivity index (χ2n) is 15.6. The molecule has 0 spiro atoms.